The fourth-order valence-corrected chi connectivity index (χ4v) is 19.1. The number of para-hydroxylation sites is 2. The van der Waals surface area contributed by atoms with Crippen LogP contribution in [-0.2, 0) is 22.9 Å². The average Bonchev–Trinajstić information content (AvgIpc) is 1.37. The number of rotatable bonds is 9. The van der Waals surface area contributed by atoms with Crippen LogP contribution >= 0.6 is 0 Å². The third-order valence-electron chi connectivity index (χ3n) is 18.8. The Morgan fingerprint density at radius 1 is 0.367 bits per heavy atom. The van der Waals surface area contributed by atoms with E-state index >= 15 is 0 Å². The molecule has 11 aromatic carbocycles. The lowest BCUT2D eigenvalue weighted by Gasteiger charge is -2.36. The largest absolute Gasteiger partial charge is 0.457 e. The maximum Gasteiger partial charge on any atom is 0.179 e. The second kappa shape index (κ2) is 21.6. The lowest BCUT2D eigenvalue weighted by Crippen LogP contribution is -2.74. The first-order chi connectivity index (χ1) is 43.5. The van der Waals surface area contributed by atoms with Crippen molar-refractivity contribution in [2.24, 2.45) is 0 Å². The zero-order valence-corrected chi connectivity index (χ0v) is 53.9. The molecule has 0 radical (unpaired) electrons. The van der Waals surface area contributed by atoms with Crippen LogP contribution in [-0.4, -0.2) is 22.2 Å². The highest BCUT2D eigenvalue weighted by Crippen LogP contribution is 2.48. The van der Waals surface area contributed by atoms with Gasteiger partial charge in [-0.25, -0.2) is 4.98 Å². The molecule has 3 aromatic heterocycles. The van der Waals surface area contributed by atoms with Gasteiger partial charge < -0.3 is 14.2 Å². The van der Waals surface area contributed by atoms with E-state index < -0.39 is 8.07 Å². The number of aromatic nitrogens is 3. The molecule has 1 aliphatic heterocycles. The van der Waals surface area contributed by atoms with Gasteiger partial charge >= 0.3 is 0 Å². The number of pyridine rings is 1. The normalized spacial score (nSPS) is 12.9. The molecule has 440 valence electrons. The molecule has 0 bridgehead atoms. The molecule has 0 unspecified atom stereocenters. The zero-order chi connectivity index (χ0) is 61.7. The summed E-state index contributed by atoms with van der Waals surface area (Å²) in [5, 5.41) is 15.0. The van der Waals surface area contributed by atoms with E-state index in [1.807, 2.05) is 6.20 Å². The van der Waals surface area contributed by atoms with E-state index in [0.29, 0.717) is 6.67 Å². The number of anilines is 2. The summed E-state index contributed by atoms with van der Waals surface area (Å²) >= 11 is 0. The molecule has 6 heteroatoms. The van der Waals surface area contributed by atoms with Crippen molar-refractivity contribution in [2.45, 2.75) is 85.2 Å². The van der Waals surface area contributed by atoms with Crippen molar-refractivity contribution in [3.05, 3.63) is 290 Å². The average molecular weight is 1180 g/mol. The highest BCUT2D eigenvalue weighted by atomic mass is 28.3. The minimum Gasteiger partial charge on any atom is -0.457 e. The maximum absolute atomic E-state index is 7.08. The molecule has 15 rings (SSSR count). The van der Waals surface area contributed by atoms with Crippen molar-refractivity contribution in [3.63, 3.8) is 0 Å². The molecule has 5 nitrogen and oxygen atoms in total. The Balaban J connectivity index is 0.985. The summed E-state index contributed by atoms with van der Waals surface area (Å²) in [6, 6.07) is 100. The van der Waals surface area contributed by atoms with Crippen LogP contribution in [0.2, 0.25) is 0 Å². The number of hydrogen-bond donors (Lipinski definition) is 0. The first kappa shape index (κ1) is 56.5. The van der Waals surface area contributed by atoms with E-state index in [1.165, 1.54) is 97.3 Å². The topological polar surface area (TPSA) is 35.2 Å². The van der Waals surface area contributed by atoms with Crippen LogP contribution in [0.1, 0.15) is 79.0 Å². The standard InChI is InChI=1S/C84H74N4OSi/c1-82(2,3)57-45-46-85-79(52-57)88-76-42-24-23-39-72(76)73-44-43-62(54-77(73)88)89-61-28-25-27-60(53-61)86-55-87-80-67(40-26-41-74(80)70-37-21-19-35-68(70)69-36-20-22-38-71(69)75-50-59(84(7,8)9)51-78(86)81(75)87)56-47-58(83(4,5)6)49-66(48-56)90(63-29-13-10-14-30-63,64-31-15-11-16-32-64)65-33-17-12-18-34-65/h10-54H,55H2,1-9H3. The number of nitrogens with zero attached hydrogens (tertiary/aromatic N) is 4. The van der Waals surface area contributed by atoms with Gasteiger partial charge in [-0.3, -0.25) is 4.57 Å². The quantitative estimate of drug-likeness (QED) is 0.107. The Labute approximate surface area is 529 Å². The van der Waals surface area contributed by atoms with Gasteiger partial charge in [-0.1, -0.05) is 263 Å². The lowest BCUT2D eigenvalue weighted by molar-refractivity contribution is 0.483. The Morgan fingerprint density at radius 2 is 0.889 bits per heavy atom. The summed E-state index contributed by atoms with van der Waals surface area (Å²) in [6.07, 6.45) is 1.94. The molecule has 0 saturated heterocycles. The first-order valence-electron chi connectivity index (χ1n) is 31.7. The summed E-state index contributed by atoms with van der Waals surface area (Å²) in [5.74, 6) is 2.40. The number of ether oxygens (including phenoxy) is 1. The second-order valence-electron chi connectivity index (χ2n) is 27.6. The molecule has 0 aliphatic carbocycles. The monoisotopic (exact) mass is 1180 g/mol. The van der Waals surface area contributed by atoms with E-state index in [0.717, 1.165) is 45.1 Å². The molecule has 0 fully saturated rings. The van der Waals surface area contributed by atoms with E-state index in [2.05, 4.69) is 343 Å². The predicted octanol–water partition coefficient (Wildman–Crippen LogP) is 19.6. The van der Waals surface area contributed by atoms with Crippen LogP contribution in [0.3, 0.4) is 0 Å². The second-order valence-corrected chi connectivity index (χ2v) is 31.4. The number of fused-ring (bicyclic) bond motifs is 10. The summed E-state index contributed by atoms with van der Waals surface area (Å²) in [4.78, 5) is 7.51. The third-order valence-corrected chi connectivity index (χ3v) is 23.6. The smallest absolute Gasteiger partial charge is 0.179 e. The fourth-order valence-electron chi connectivity index (χ4n) is 14.2. The lowest BCUT2D eigenvalue weighted by atomic mass is 9.85. The van der Waals surface area contributed by atoms with Crippen molar-refractivity contribution in [1.82, 2.24) is 14.1 Å². The van der Waals surface area contributed by atoms with Crippen molar-refractivity contribution in [3.8, 4) is 28.4 Å². The van der Waals surface area contributed by atoms with Crippen LogP contribution < -0.4 is 30.4 Å². The fraction of sp³-hybridized carbons (Fsp3) is 0.155. The first-order valence-corrected chi connectivity index (χ1v) is 33.7. The van der Waals surface area contributed by atoms with Gasteiger partial charge in [0.2, 0.25) is 0 Å². The number of hydrogen-bond acceptors (Lipinski definition) is 3. The molecule has 0 amide bonds. The highest BCUT2D eigenvalue weighted by molar-refractivity contribution is 7.20. The van der Waals surface area contributed by atoms with Gasteiger partial charge in [0.25, 0.3) is 0 Å². The van der Waals surface area contributed by atoms with Gasteiger partial charge in [0, 0.05) is 51.1 Å². The number of benzene rings is 11. The summed E-state index contributed by atoms with van der Waals surface area (Å²) in [7, 11) is -3.01. The summed E-state index contributed by atoms with van der Waals surface area (Å²) in [6.45, 7) is 21.4. The van der Waals surface area contributed by atoms with Crippen LogP contribution in [0.5, 0.6) is 11.5 Å². The van der Waals surface area contributed by atoms with E-state index in [9.17, 15) is 0 Å². The van der Waals surface area contributed by atoms with Crippen LogP contribution in [0.25, 0.3) is 82.1 Å². The Bertz CT molecular complexity index is 5100. The van der Waals surface area contributed by atoms with Crippen molar-refractivity contribution >= 4 is 105 Å². The van der Waals surface area contributed by atoms with Crippen LogP contribution in [0.4, 0.5) is 11.4 Å². The van der Waals surface area contributed by atoms with Gasteiger partial charge in [-0.05, 0) is 135 Å². The van der Waals surface area contributed by atoms with Crippen molar-refractivity contribution < 1.29 is 4.74 Å². The third kappa shape index (κ3) is 9.55. The predicted molar refractivity (Wildman–Crippen MR) is 384 cm³/mol. The van der Waals surface area contributed by atoms with Crippen LogP contribution in [0.15, 0.2) is 273 Å². The Hall–Kier alpha value is -10.0. The van der Waals surface area contributed by atoms with Crippen molar-refractivity contribution in [1.29, 1.82) is 0 Å². The van der Waals surface area contributed by atoms with Gasteiger partial charge in [-0.15, -0.1) is 0 Å². The van der Waals surface area contributed by atoms with Crippen LogP contribution in [0, 0.1) is 0 Å². The Morgan fingerprint density at radius 3 is 1.51 bits per heavy atom. The zero-order valence-electron chi connectivity index (χ0n) is 52.9. The maximum atomic E-state index is 7.08. The molecule has 0 spiro atoms. The van der Waals surface area contributed by atoms with E-state index in [-0.39, 0.29) is 16.2 Å². The van der Waals surface area contributed by atoms with Gasteiger partial charge in [0.1, 0.15) is 24.0 Å². The summed E-state index contributed by atoms with van der Waals surface area (Å²) < 4.78 is 12.0. The van der Waals surface area contributed by atoms with Gasteiger partial charge in [0.05, 0.1) is 27.8 Å². The molecular formula is C84H74N4OSi. The minimum atomic E-state index is -3.01. The molecule has 1 aliphatic rings. The highest BCUT2D eigenvalue weighted by Gasteiger charge is 2.42. The molecular weight excluding hydrogens is 1110 g/mol. The molecule has 90 heavy (non-hydrogen) atoms. The van der Waals surface area contributed by atoms with Gasteiger partial charge in [-0.2, -0.15) is 0 Å². The van der Waals surface area contributed by atoms with E-state index in [1.54, 1.807) is 0 Å². The van der Waals surface area contributed by atoms with Crippen molar-refractivity contribution in [2.75, 3.05) is 4.90 Å². The molecule has 0 saturated carbocycles. The summed E-state index contributed by atoms with van der Waals surface area (Å²) in [5.41, 5.74) is 12.5. The van der Waals surface area contributed by atoms with E-state index in [4.69, 9.17) is 9.72 Å². The Kier molecular flexibility index (Phi) is 13.6. The molecule has 0 N–H and O–H groups in total. The molecule has 14 aromatic rings. The minimum absolute atomic E-state index is 0.0406. The SMILES string of the molecule is CC(C)(C)c1cc(-c2cccc3c4ccccc4c4ccccc4c4cc(C(C)(C)C)cc5c4n(c23)CN5c2cccc(Oc3ccc4c5ccccc5n(-c5cc(C(C)(C)C)ccn5)c4c3)c2)cc([Si](c2ccccc2)(c2ccccc2)c2ccccc2)c1. The molecule has 4 heterocycles. The van der Waals surface area contributed by atoms with Gasteiger partial charge in [0.15, 0.2) is 8.07 Å². The molecule has 0 atom stereocenters.